The van der Waals surface area contributed by atoms with Crippen LogP contribution in [0.15, 0.2) is 24.3 Å². The van der Waals surface area contributed by atoms with E-state index in [1.54, 1.807) is 0 Å². The summed E-state index contributed by atoms with van der Waals surface area (Å²) in [6.07, 6.45) is 1.53. The zero-order valence-corrected chi connectivity index (χ0v) is 11.0. The second-order valence-corrected chi connectivity index (χ2v) is 4.32. The number of nitrogens with two attached hydrogens (primary N) is 1. The lowest BCUT2D eigenvalue weighted by Crippen LogP contribution is -2.43. The van der Waals surface area contributed by atoms with Gasteiger partial charge in [-0.05, 0) is 24.5 Å². The normalized spacial score (nSPS) is 11.9. The highest BCUT2D eigenvalue weighted by atomic mass is 32.1. The number of rotatable bonds is 5. The first-order valence-electron chi connectivity index (χ1n) is 5.78. The van der Waals surface area contributed by atoms with Crippen LogP contribution in [0.3, 0.4) is 0 Å². The summed E-state index contributed by atoms with van der Waals surface area (Å²) in [6.45, 7) is 3.97. The van der Waals surface area contributed by atoms with Gasteiger partial charge in [0, 0.05) is 5.56 Å². The Balaban J connectivity index is 2.86. The van der Waals surface area contributed by atoms with Crippen molar-refractivity contribution >= 4 is 23.1 Å². The summed E-state index contributed by atoms with van der Waals surface area (Å²) in [5, 5.41) is 2.85. The summed E-state index contributed by atoms with van der Waals surface area (Å²) in [4.78, 5) is 12.4. The minimum absolute atomic E-state index is 0.109. The number of thiocarbonyl (C=S) groups is 1. The van der Waals surface area contributed by atoms with Gasteiger partial charge >= 0.3 is 0 Å². The molecule has 4 heteroatoms. The standard InChI is InChI=1S/C13H18N2OS/c1-3-9-7-5-6-8-10(9)13(16)15-11(4-2)12(14)17/h5-8,11H,3-4H2,1-2H3,(H2,14,17)(H,15,16). The van der Waals surface area contributed by atoms with Crippen molar-refractivity contribution in [2.45, 2.75) is 32.7 Å². The van der Waals surface area contributed by atoms with Crippen LogP contribution < -0.4 is 11.1 Å². The molecule has 1 aromatic carbocycles. The predicted octanol–water partition coefficient (Wildman–Crippen LogP) is 2.04. The molecule has 0 bridgehead atoms. The van der Waals surface area contributed by atoms with E-state index < -0.39 is 0 Å². The Kier molecular flexibility index (Phi) is 5.10. The number of carbonyl (C=O) groups is 1. The molecule has 0 aliphatic heterocycles. The number of hydrogen-bond donors (Lipinski definition) is 2. The summed E-state index contributed by atoms with van der Waals surface area (Å²) in [5.74, 6) is -0.109. The monoisotopic (exact) mass is 250 g/mol. The van der Waals surface area contributed by atoms with Gasteiger partial charge in [-0.15, -0.1) is 0 Å². The second kappa shape index (κ2) is 6.35. The summed E-state index contributed by atoms with van der Waals surface area (Å²) in [7, 11) is 0. The van der Waals surface area contributed by atoms with E-state index in [1.807, 2.05) is 38.1 Å². The molecule has 0 aliphatic carbocycles. The highest BCUT2D eigenvalue weighted by molar-refractivity contribution is 7.80. The van der Waals surface area contributed by atoms with Gasteiger partial charge < -0.3 is 11.1 Å². The van der Waals surface area contributed by atoms with Crippen LogP contribution >= 0.6 is 12.2 Å². The van der Waals surface area contributed by atoms with Crippen molar-refractivity contribution in [1.29, 1.82) is 0 Å². The van der Waals surface area contributed by atoms with E-state index in [2.05, 4.69) is 5.32 Å². The first-order chi connectivity index (χ1) is 8.10. The van der Waals surface area contributed by atoms with Crippen LogP contribution in [0.5, 0.6) is 0 Å². The van der Waals surface area contributed by atoms with E-state index in [4.69, 9.17) is 18.0 Å². The fourth-order valence-electron chi connectivity index (χ4n) is 1.66. The van der Waals surface area contributed by atoms with Gasteiger partial charge in [0.2, 0.25) is 0 Å². The third-order valence-electron chi connectivity index (χ3n) is 2.70. The van der Waals surface area contributed by atoms with Gasteiger partial charge in [-0.2, -0.15) is 0 Å². The van der Waals surface area contributed by atoms with Gasteiger partial charge in [-0.25, -0.2) is 0 Å². The largest absolute Gasteiger partial charge is 0.392 e. The lowest BCUT2D eigenvalue weighted by molar-refractivity contribution is 0.0945. The van der Waals surface area contributed by atoms with Crippen LogP contribution in [0, 0.1) is 0 Å². The molecule has 92 valence electrons. The maximum Gasteiger partial charge on any atom is 0.252 e. The SMILES string of the molecule is CCc1ccccc1C(=O)NC(CC)C(N)=S. The van der Waals surface area contributed by atoms with E-state index in [-0.39, 0.29) is 11.9 Å². The zero-order valence-electron chi connectivity index (χ0n) is 10.2. The lowest BCUT2D eigenvalue weighted by Gasteiger charge is -2.16. The first-order valence-corrected chi connectivity index (χ1v) is 6.19. The molecule has 0 aromatic heterocycles. The molecule has 0 radical (unpaired) electrons. The van der Waals surface area contributed by atoms with Crippen LogP contribution in [0.25, 0.3) is 0 Å². The molecule has 1 atom stereocenters. The average Bonchev–Trinajstić information content (AvgIpc) is 2.35. The molecular formula is C13H18N2OS. The number of nitrogens with one attached hydrogen (secondary N) is 1. The molecule has 1 aromatic rings. The van der Waals surface area contributed by atoms with Crippen molar-refractivity contribution in [2.24, 2.45) is 5.73 Å². The van der Waals surface area contributed by atoms with Gasteiger partial charge in [0.1, 0.15) is 0 Å². The molecule has 1 unspecified atom stereocenters. The Hall–Kier alpha value is -1.42. The van der Waals surface area contributed by atoms with Gasteiger partial charge in [-0.3, -0.25) is 4.79 Å². The van der Waals surface area contributed by atoms with Crippen molar-refractivity contribution in [2.75, 3.05) is 0 Å². The van der Waals surface area contributed by atoms with Crippen molar-refractivity contribution < 1.29 is 4.79 Å². The molecule has 0 heterocycles. The van der Waals surface area contributed by atoms with Crippen LogP contribution in [-0.4, -0.2) is 16.9 Å². The summed E-state index contributed by atoms with van der Waals surface area (Å²) < 4.78 is 0. The van der Waals surface area contributed by atoms with E-state index in [0.717, 1.165) is 12.0 Å². The predicted molar refractivity (Wildman–Crippen MR) is 74.2 cm³/mol. The Morgan fingerprint density at radius 1 is 1.41 bits per heavy atom. The maximum absolute atomic E-state index is 12.1. The highest BCUT2D eigenvalue weighted by Crippen LogP contribution is 2.09. The quantitative estimate of drug-likeness (QED) is 0.786. The lowest BCUT2D eigenvalue weighted by atomic mass is 10.0. The fraction of sp³-hybridized carbons (Fsp3) is 0.385. The van der Waals surface area contributed by atoms with E-state index in [9.17, 15) is 4.79 Å². The van der Waals surface area contributed by atoms with Crippen LogP contribution in [0.2, 0.25) is 0 Å². The summed E-state index contributed by atoms with van der Waals surface area (Å²) >= 11 is 4.91. The highest BCUT2D eigenvalue weighted by Gasteiger charge is 2.15. The first kappa shape index (κ1) is 13.6. The molecule has 17 heavy (non-hydrogen) atoms. The van der Waals surface area contributed by atoms with E-state index in [1.165, 1.54) is 0 Å². The van der Waals surface area contributed by atoms with Crippen LogP contribution in [0.4, 0.5) is 0 Å². The van der Waals surface area contributed by atoms with Crippen molar-refractivity contribution in [3.8, 4) is 0 Å². The smallest absolute Gasteiger partial charge is 0.252 e. The molecule has 1 rings (SSSR count). The van der Waals surface area contributed by atoms with Crippen molar-refractivity contribution in [1.82, 2.24) is 5.32 Å². The summed E-state index contributed by atoms with van der Waals surface area (Å²) in [5.41, 5.74) is 7.29. The molecule has 0 spiro atoms. The van der Waals surface area contributed by atoms with Gasteiger partial charge in [0.25, 0.3) is 5.91 Å². The van der Waals surface area contributed by atoms with Gasteiger partial charge in [0.05, 0.1) is 11.0 Å². The number of carbonyl (C=O) groups excluding carboxylic acids is 1. The third kappa shape index (κ3) is 3.53. The Morgan fingerprint density at radius 3 is 2.59 bits per heavy atom. The number of hydrogen-bond acceptors (Lipinski definition) is 2. The Bertz CT molecular complexity index is 418. The maximum atomic E-state index is 12.1. The minimum Gasteiger partial charge on any atom is -0.392 e. The number of aryl methyl sites for hydroxylation is 1. The second-order valence-electron chi connectivity index (χ2n) is 3.85. The van der Waals surface area contributed by atoms with Gasteiger partial charge in [-0.1, -0.05) is 44.3 Å². The zero-order chi connectivity index (χ0) is 12.8. The topological polar surface area (TPSA) is 55.1 Å². The molecule has 3 N–H and O–H groups in total. The molecule has 0 saturated heterocycles. The summed E-state index contributed by atoms with van der Waals surface area (Å²) in [6, 6.07) is 7.33. The molecule has 0 aliphatic rings. The Morgan fingerprint density at radius 2 is 2.06 bits per heavy atom. The van der Waals surface area contributed by atoms with Crippen molar-refractivity contribution in [3.63, 3.8) is 0 Å². The molecule has 3 nitrogen and oxygen atoms in total. The Labute approximate surface area is 107 Å². The molecule has 0 saturated carbocycles. The average molecular weight is 250 g/mol. The van der Waals surface area contributed by atoms with E-state index in [0.29, 0.717) is 17.0 Å². The van der Waals surface area contributed by atoms with E-state index >= 15 is 0 Å². The molecule has 1 amide bonds. The molecule has 0 fully saturated rings. The van der Waals surface area contributed by atoms with Crippen molar-refractivity contribution in [3.05, 3.63) is 35.4 Å². The molecular weight excluding hydrogens is 232 g/mol. The number of benzene rings is 1. The fourth-order valence-corrected chi connectivity index (χ4v) is 1.89. The van der Waals surface area contributed by atoms with Crippen LogP contribution in [-0.2, 0) is 6.42 Å². The third-order valence-corrected chi connectivity index (χ3v) is 2.98. The van der Waals surface area contributed by atoms with Gasteiger partial charge in [0.15, 0.2) is 0 Å². The number of amides is 1. The minimum atomic E-state index is -0.234. The van der Waals surface area contributed by atoms with Crippen LogP contribution in [0.1, 0.15) is 36.2 Å².